The molecule has 1 unspecified atom stereocenters. The van der Waals surface area contributed by atoms with Gasteiger partial charge in [0.25, 0.3) is 5.56 Å². The van der Waals surface area contributed by atoms with Crippen molar-refractivity contribution in [3.05, 3.63) is 62.6 Å². The number of aryl methyl sites for hydroxylation is 4. The standard InChI is InChI=1S/C24H24N6O2S/c1-6-18(22(31)28-21-17(10-25)11-27-29(21)5)30-12-26-23-20(24(30)32)19(15(4)33-23)16-8-7-13(2)14(3)9-16/h7-9,11-12,18H,6H2,1-5H3,(H,28,31). The number of hydrogen-bond donors (Lipinski definition) is 1. The molecular weight excluding hydrogens is 436 g/mol. The van der Waals surface area contributed by atoms with E-state index < -0.39 is 11.9 Å². The van der Waals surface area contributed by atoms with E-state index in [1.54, 1.807) is 7.05 Å². The second kappa shape index (κ2) is 8.64. The van der Waals surface area contributed by atoms with Crippen LogP contribution in [0.2, 0.25) is 0 Å². The largest absolute Gasteiger partial charge is 0.308 e. The van der Waals surface area contributed by atoms with Crippen LogP contribution in [0.15, 0.2) is 35.5 Å². The molecule has 3 aromatic heterocycles. The first-order chi connectivity index (χ1) is 15.8. The van der Waals surface area contributed by atoms with E-state index in [-0.39, 0.29) is 11.1 Å². The van der Waals surface area contributed by atoms with Gasteiger partial charge in [-0.25, -0.2) is 4.98 Å². The zero-order chi connectivity index (χ0) is 23.9. The Balaban J connectivity index is 1.82. The minimum atomic E-state index is -0.788. The number of thiophene rings is 1. The summed E-state index contributed by atoms with van der Waals surface area (Å²) in [6, 6.07) is 7.37. The maximum absolute atomic E-state index is 13.7. The number of amides is 1. The van der Waals surface area contributed by atoms with Crippen molar-refractivity contribution < 1.29 is 4.79 Å². The smallest absolute Gasteiger partial charge is 0.263 e. The molecule has 4 rings (SSSR count). The van der Waals surface area contributed by atoms with E-state index in [0.29, 0.717) is 22.5 Å². The van der Waals surface area contributed by atoms with Crippen LogP contribution < -0.4 is 10.9 Å². The van der Waals surface area contributed by atoms with E-state index in [0.717, 1.165) is 21.6 Å². The summed E-state index contributed by atoms with van der Waals surface area (Å²) in [6.07, 6.45) is 3.20. The second-order valence-corrected chi connectivity index (χ2v) is 9.23. The number of nitrogens with zero attached hydrogens (tertiary/aromatic N) is 5. The van der Waals surface area contributed by atoms with Crippen LogP contribution in [-0.4, -0.2) is 25.2 Å². The molecular formula is C24H24N6O2S. The average Bonchev–Trinajstić information content (AvgIpc) is 3.31. The molecule has 0 bridgehead atoms. The molecule has 9 heteroatoms. The first-order valence-corrected chi connectivity index (χ1v) is 11.4. The van der Waals surface area contributed by atoms with Crippen molar-refractivity contribution in [2.45, 2.75) is 40.2 Å². The number of aromatic nitrogens is 4. The Morgan fingerprint density at radius 3 is 2.70 bits per heavy atom. The van der Waals surface area contributed by atoms with Gasteiger partial charge in [0, 0.05) is 17.5 Å². The van der Waals surface area contributed by atoms with Gasteiger partial charge in [0.15, 0.2) is 0 Å². The number of nitrogens with one attached hydrogen (secondary N) is 1. The van der Waals surface area contributed by atoms with Gasteiger partial charge in [0.2, 0.25) is 5.91 Å². The first-order valence-electron chi connectivity index (χ1n) is 10.6. The fourth-order valence-corrected chi connectivity index (χ4v) is 4.96. The Labute approximate surface area is 195 Å². The summed E-state index contributed by atoms with van der Waals surface area (Å²) in [5.41, 5.74) is 4.15. The fourth-order valence-electron chi connectivity index (χ4n) is 3.96. The number of fused-ring (bicyclic) bond motifs is 1. The molecule has 33 heavy (non-hydrogen) atoms. The average molecular weight is 461 g/mol. The molecule has 1 N–H and O–H groups in total. The topological polar surface area (TPSA) is 106 Å². The Morgan fingerprint density at radius 2 is 2.03 bits per heavy atom. The Hall–Kier alpha value is -3.77. The van der Waals surface area contributed by atoms with E-state index in [1.165, 1.54) is 38.7 Å². The number of anilines is 1. The molecule has 0 aliphatic carbocycles. The molecule has 0 aliphatic heterocycles. The molecule has 4 aromatic rings. The molecule has 1 amide bonds. The highest BCUT2D eigenvalue weighted by Crippen LogP contribution is 2.36. The predicted molar refractivity (Wildman–Crippen MR) is 129 cm³/mol. The monoisotopic (exact) mass is 460 g/mol. The van der Waals surface area contributed by atoms with Crippen molar-refractivity contribution in [1.29, 1.82) is 5.26 Å². The van der Waals surface area contributed by atoms with Gasteiger partial charge in [-0.1, -0.05) is 25.1 Å². The van der Waals surface area contributed by atoms with Gasteiger partial charge in [0.05, 0.1) is 17.9 Å². The van der Waals surface area contributed by atoms with E-state index in [2.05, 4.69) is 28.4 Å². The molecule has 0 radical (unpaired) electrons. The lowest BCUT2D eigenvalue weighted by molar-refractivity contribution is -0.119. The second-order valence-electron chi connectivity index (χ2n) is 8.02. The Bertz CT molecular complexity index is 1490. The molecule has 0 spiro atoms. The van der Waals surface area contributed by atoms with Crippen molar-refractivity contribution >= 4 is 33.3 Å². The van der Waals surface area contributed by atoms with Crippen LogP contribution in [0, 0.1) is 32.1 Å². The molecule has 8 nitrogen and oxygen atoms in total. The van der Waals surface area contributed by atoms with E-state index in [9.17, 15) is 14.9 Å². The summed E-state index contributed by atoms with van der Waals surface area (Å²) in [4.78, 5) is 33.0. The van der Waals surface area contributed by atoms with E-state index in [4.69, 9.17) is 0 Å². The molecule has 1 aromatic carbocycles. The molecule has 168 valence electrons. The van der Waals surface area contributed by atoms with Crippen molar-refractivity contribution in [1.82, 2.24) is 19.3 Å². The quantitative estimate of drug-likeness (QED) is 0.479. The summed E-state index contributed by atoms with van der Waals surface area (Å²) in [5, 5.41) is 16.6. The Kier molecular flexibility index (Phi) is 5.87. The summed E-state index contributed by atoms with van der Waals surface area (Å²) < 4.78 is 2.81. The molecule has 0 fully saturated rings. The minimum Gasteiger partial charge on any atom is -0.308 e. The van der Waals surface area contributed by atoms with Crippen LogP contribution >= 0.6 is 11.3 Å². The molecule has 3 heterocycles. The van der Waals surface area contributed by atoms with Gasteiger partial charge in [-0.2, -0.15) is 10.4 Å². The summed E-state index contributed by atoms with van der Waals surface area (Å²) in [7, 11) is 1.64. The third-order valence-corrected chi connectivity index (χ3v) is 6.95. The maximum Gasteiger partial charge on any atom is 0.263 e. The van der Waals surface area contributed by atoms with Crippen molar-refractivity contribution in [2.75, 3.05) is 5.32 Å². The third-order valence-electron chi connectivity index (χ3n) is 5.93. The summed E-state index contributed by atoms with van der Waals surface area (Å²) in [5.74, 6) is -0.106. The number of carbonyl (C=O) groups is 1. The van der Waals surface area contributed by atoms with Crippen LogP contribution in [0.5, 0.6) is 0 Å². The van der Waals surface area contributed by atoms with Gasteiger partial charge < -0.3 is 5.32 Å². The zero-order valence-electron chi connectivity index (χ0n) is 19.1. The lowest BCUT2D eigenvalue weighted by atomic mass is 9.99. The maximum atomic E-state index is 13.7. The SMILES string of the molecule is CCC(C(=O)Nc1c(C#N)cnn1C)n1cnc2sc(C)c(-c3ccc(C)c(C)c3)c2c1=O. The van der Waals surface area contributed by atoms with Crippen LogP contribution in [-0.2, 0) is 11.8 Å². The number of benzene rings is 1. The first kappa shape index (κ1) is 22.4. The van der Waals surface area contributed by atoms with E-state index >= 15 is 0 Å². The van der Waals surface area contributed by atoms with Gasteiger partial charge in [-0.3, -0.25) is 18.8 Å². The van der Waals surface area contributed by atoms with Crippen LogP contribution in [0.1, 0.15) is 41.0 Å². The molecule has 0 aliphatic rings. The highest BCUT2D eigenvalue weighted by atomic mass is 32.1. The highest BCUT2D eigenvalue weighted by Gasteiger charge is 2.25. The number of hydrogen-bond acceptors (Lipinski definition) is 6. The van der Waals surface area contributed by atoms with E-state index in [1.807, 2.05) is 39.0 Å². The van der Waals surface area contributed by atoms with Crippen molar-refractivity contribution in [3.8, 4) is 17.2 Å². The third kappa shape index (κ3) is 3.83. The predicted octanol–water partition coefficient (Wildman–Crippen LogP) is 4.25. The van der Waals surface area contributed by atoms with Crippen LogP contribution in [0.4, 0.5) is 5.82 Å². The highest BCUT2D eigenvalue weighted by molar-refractivity contribution is 7.19. The Morgan fingerprint density at radius 1 is 1.27 bits per heavy atom. The van der Waals surface area contributed by atoms with Gasteiger partial charge in [-0.15, -0.1) is 11.3 Å². The number of nitriles is 1. The van der Waals surface area contributed by atoms with Crippen LogP contribution in [0.25, 0.3) is 21.3 Å². The van der Waals surface area contributed by atoms with Gasteiger partial charge in [-0.05, 0) is 43.9 Å². The van der Waals surface area contributed by atoms with Crippen LogP contribution in [0.3, 0.4) is 0 Å². The zero-order valence-corrected chi connectivity index (χ0v) is 19.9. The lowest BCUT2D eigenvalue weighted by Gasteiger charge is -2.18. The fraction of sp³-hybridized carbons (Fsp3) is 0.292. The summed E-state index contributed by atoms with van der Waals surface area (Å²) in [6.45, 7) is 7.91. The normalized spacial score (nSPS) is 12.0. The molecule has 1 atom stereocenters. The van der Waals surface area contributed by atoms with Gasteiger partial charge in [0.1, 0.15) is 28.3 Å². The number of rotatable bonds is 5. The minimum absolute atomic E-state index is 0.257. The van der Waals surface area contributed by atoms with Crippen molar-refractivity contribution in [2.24, 2.45) is 7.05 Å². The molecule has 0 saturated heterocycles. The summed E-state index contributed by atoms with van der Waals surface area (Å²) >= 11 is 1.47. The van der Waals surface area contributed by atoms with Crippen molar-refractivity contribution in [3.63, 3.8) is 0 Å². The lowest BCUT2D eigenvalue weighted by Crippen LogP contribution is -2.33. The number of carbonyl (C=O) groups excluding carboxylic acids is 1. The van der Waals surface area contributed by atoms with Gasteiger partial charge >= 0.3 is 0 Å². The molecule has 0 saturated carbocycles.